The van der Waals surface area contributed by atoms with E-state index in [1.807, 2.05) is 13.0 Å². The van der Waals surface area contributed by atoms with Gasteiger partial charge in [0.25, 0.3) is 5.91 Å². The number of hydrogen-bond donors (Lipinski definition) is 4. The summed E-state index contributed by atoms with van der Waals surface area (Å²) in [7, 11) is 0. The van der Waals surface area contributed by atoms with E-state index in [2.05, 4.69) is 15.3 Å². The summed E-state index contributed by atoms with van der Waals surface area (Å²) in [5.74, 6) is -0.833. The molecule has 1 unspecified atom stereocenters. The summed E-state index contributed by atoms with van der Waals surface area (Å²) >= 11 is 1.08. The first-order chi connectivity index (χ1) is 14.4. The number of nitrogens with two attached hydrogens (primary N) is 1. The molecule has 1 aromatic carbocycles. The van der Waals surface area contributed by atoms with Crippen LogP contribution in [0.3, 0.4) is 0 Å². The molecular formula is C22H25FN4O3S. The van der Waals surface area contributed by atoms with Gasteiger partial charge in [0.1, 0.15) is 21.6 Å². The summed E-state index contributed by atoms with van der Waals surface area (Å²) in [6, 6.07) is 7.94. The van der Waals surface area contributed by atoms with E-state index in [9.17, 15) is 19.4 Å². The van der Waals surface area contributed by atoms with E-state index in [4.69, 9.17) is 5.73 Å². The van der Waals surface area contributed by atoms with Gasteiger partial charge in [0.2, 0.25) is 0 Å². The Bertz CT molecular complexity index is 1120. The first kappa shape index (κ1) is 22.8. The number of benzene rings is 1. The van der Waals surface area contributed by atoms with Crippen LogP contribution in [-0.2, 0) is 6.42 Å². The second-order valence-corrected chi connectivity index (χ2v) is 9.03. The quantitative estimate of drug-likeness (QED) is 0.439. The number of pyridine rings is 1. The number of nitrogens with one attached hydrogen (secondary N) is 1. The molecule has 0 bridgehead atoms. The maximum absolute atomic E-state index is 14.6. The minimum Gasteiger partial charge on any atom is -0.390 e. The fraction of sp³-hybridized carbons (Fsp3) is 0.318. The fourth-order valence-electron chi connectivity index (χ4n) is 3.08. The molecule has 164 valence electrons. The van der Waals surface area contributed by atoms with Gasteiger partial charge in [0.15, 0.2) is 5.69 Å². The zero-order valence-electron chi connectivity index (χ0n) is 17.7. The summed E-state index contributed by atoms with van der Waals surface area (Å²) in [6.45, 7) is 6.83. The maximum Gasteiger partial charge on any atom is 0.270 e. The number of aryl methyl sites for hydroxylation is 1. The number of rotatable bonds is 7. The molecule has 1 atom stereocenters. The number of halogens is 1. The van der Waals surface area contributed by atoms with Crippen LogP contribution in [0.15, 0.2) is 30.3 Å². The van der Waals surface area contributed by atoms with Crippen molar-refractivity contribution in [3.05, 3.63) is 58.7 Å². The van der Waals surface area contributed by atoms with Gasteiger partial charge in [-0.1, -0.05) is 23.5 Å². The van der Waals surface area contributed by atoms with Gasteiger partial charge in [-0.05, 0) is 57.0 Å². The van der Waals surface area contributed by atoms with Crippen LogP contribution in [0.4, 0.5) is 15.2 Å². The molecule has 0 aliphatic heterocycles. The third kappa shape index (κ3) is 5.43. The van der Waals surface area contributed by atoms with E-state index in [1.165, 1.54) is 12.1 Å². The van der Waals surface area contributed by atoms with Crippen molar-refractivity contribution in [1.29, 1.82) is 0 Å². The van der Waals surface area contributed by atoms with Crippen molar-refractivity contribution in [2.24, 2.45) is 5.73 Å². The highest BCUT2D eigenvalue weighted by molar-refractivity contribution is 7.19. The van der Waals surface area contributed by atoms with Gasteiger partial charge in [-0.15, -0.1) is 0 Å². The first-order valence-corrected chi connectivity index (χ1v) is 10.5. The molecule has 0 saturated heterocycles. The number of hydrogen-bond acceptors (Lipinski definition) is 7. The Labute approximate surface area is 183 Å². The van der Waals surface area contributed by atoms with Gasteiger partial charge >= 0.3 is 0 Å². The van der Waals surface area contributed by atoms with E-state index < -0.39 is 23.4 Å². The fourth-order valence-corrected chi connectivity index (χ4v) is 4.08. The van der Waals surface area contributed by atoms with Gasteiger partial charge in [-0.2, -0.15) is 0 Å². The molecule has 5 N–H and O–H groups in total. The number of aliphatic hydroxyl groups is 2. The number of anilines is 2. The Hall–Kier alpha value is -2.88. The maximum atomic E-state index is 14.6. The minimum absolute atomic E-state index is 0.0148. The molecule has 0 aliphatic carbocycles. The van der Waals surface area contributed by atoms with Crippen molar-refractivity contribution in [3.63, 3.8) is 0 Å². The van der Waals surface area contributed by atoms with Gasteiger partial charge in [-0.25, -0.2) is 14.4 Å². The van der Waals surface area contributed by atoms with Crippen molar-refractivity contribution >= 4 is 28.1 Å². The van der Waals surface area contributed by atoms with Gasteiger partial charge in [-0.3, -0.25) is 4.79 Å². The largest absolute Gasteiger partial charge is 0.390 e. The second-order valence-electron chi connectivity index (χ2n) is 8.03. The molecule has 31 heavy (non-hydrogen) atoms. The molecule has 7 nitrogen and oxygen atoms in total. The molecule has 9 heteroatoms. The van der Waals surface area contributed by atoms with E-state index >= 15 is 0 Å². The first-order valence-electron chi connectivity index (χ1n) is 9.69. The lowest BCUT2D eigenvalue weighted by Crippen LogP contribution is -2.22. The zero-order chi connectivity index (χ0) is 22.9. The average Bonchev–Trinajstić information content (AvgIpc) is 3.06. The van der Waals surface area contributed by atoms with Crippen LogP contribution in [-0.4, -0.2) is 31.7 Å². The molecule has 3 aromatic rings. The zero-order valence-corrected chi connectivity index (χ0v) is 18.5. The van der Waals surface area contributed by atoms with Crippen LogP contribution in [0.25, 0.3) is 10.6 Å². The van der Waals surface area contributed by atoms with Crippen LogP contribution < -0.4 is 11.1 Å². The highest BCUT2D eigenvalue weighted by atomic mass is 32.1. The number of aliphatic hydroxyl groups excluding tert-OH is 1. The molecule has 3 rings (SSSR count). The Morgan fingerprint density at radius 1 is 1.29 bits per heavy atom. The number of primary amides is 1. The number of aromatic nitrogens is 2. The standard InChI is InChI=1S/C22H25FN4O3S/c1-11-14(10-22(3,4)30)6-8-17(25-11)26-21-18(19(24)29)27-20(31-21)15-7-5-13(12(2)28)9-16(15)23/h5-9,12,28,30H,10H2,1-4H3,(H2,24,29)(H,25,26). The van der Waals surface area contributed by atoms with Crippen molar-refractivity contribution < 1.29 is 19.4 Å². The summed E-state index contributed by atoms with van der Waals surface area (Å²) in [6.07, 6.45) is -0.350. The van der Waals surface area contributed by atoms with Crippen molar-refractivity contribution in [2.75, 3.05) is 5.32 Å². The van der Waals surface area contributed by atoms with Crippen LogP contribution in [0.5, 0.6) is 0 Å². The SMILES string of the molecule is Cc1nc(Nc2sc(-c3ccc(C(C)O)cc3F)nc2C(N)=O)ccc1CC(C)(C)O. The van der Waals surface area contributed by atoms with Gasteiger partial charge in [0, 0.05) is 17.7 Å². The molecule has 2 aromatic heterocycles. The predicted octanol–water partition coefficient (Wildman–Crippen LogP) is 3.86. The highest BCUT2D eigenvalue weighted by Gasteiger charge is 2.21. The second kappa shape index (κ2) is 8.70. The molecule has 2 heterocycles. The third-order valence-electron chi connectivity index (χ3n) is 4.63. The summed E-state index contributed by atoms with van der Waals surface area (Å²) in [4.78, 5) is 20.6. The van der Waals surface area contributed by atoms with E-state index in [1.54, 1.807) is 32.9 Å². The molecule has 0 saturated carbocycles. The molecule has 0 aliphatic rings. The molecule has 0 spiro atoms. The van der Waals surface area contributed by atoms with E-state index in [0.717, 1.165) is 22.6 Å². The lowest BCUT2D eigenvalue weighted by Gasteiger charge is -2.18. The minimum atomic E-state index is -0.861. The van der Waals surface area contributed by atoms with E-state index in [-0.39, 0.29) is 16.3 Å². The topological polar surface area (TPSA) is 121 Å². The monoisotopic (exact) mass is 444 g/mol. The number of amides is 1. The number of carbonyl (C=O) groups excluding carboxylic acids is 1. The summed E-state index contributed by atoms with van der Waals surface area (Å²) < 4.78 is 14.6. The van der Waals surface area contributed by atoms with Crippen molar-refractivity contribution in [3.8, 4) is 10.6 Å². The average molecular weight is 445 g/mol. The molecular weight excluding hydrogens is 419 g/mol. The highest BCUT2D eigenvalue weighted by Crippen LogP contribution is 2.35. The normalized spacial score (nSPS) is 12.6. The lowest BCUT2D eigenvalue weighted by atomic mass is 9.98. The van der Waals surface area contributed by atoms with Gasteiger partial charge < -0.3 is 21.3 Å². The smallest absolute Gasteiger partial charge is 0.270 e. The van der Waals surface area contributed by atoms with Crippen LogP contribution in [0, 0.1) is 12.7 Å². The van der Waals surface area contributed by atoms with Crippen LogP contribution in [0.1, 0.15) is 54.2 Å². The van der Waals surface area contributed by atoms with Crippen molar-refractivity contribution in [1.82, 2.24) is 9.97 Å². The summed E-state index contributed by atoms with van der Waals surface area (Å²) in [5.41, 5.74) is 6.88. The Morgan fingerprint density at radius 2 is 2.00 bits per heavy atom. The predicted molar refractivity (Wildman–Crippen MR) is 119 cm³/mol. The Kier molecular flexibility index (Phi) is 6.40. The Morgan fingerprint density at radius 3 is 2.55 bits per heavy atom. The van der Waals surface area contributed by atoms with Crippen LogP contribution >= 0.6 is 11.3 Å². The molecule has 0 radical (unpaired) electrons. The molecule has 1 amide bonds. The number of carbonyl (C=O) groups is 1. The third-order valence-corrected chi connectivity index (χ3v) is 5.63. The van der Waals surface area contributed by atoms with Crippen LogP contribution in [0.2, 0.25) is 0 Å². The lowest BCUT2D eigenvalue weighted by molar-refractivity contribution is 0.0807. The molecule has 0 fully saturated rings. The van der Waals surface area contributed by atoms with E-state index in [0.29, 0.717) is 22.8 Å². The van der Waals surface area contributed by atoms with Crippen molar-refractivity contribution in [2.45, 2.75) is 45.8 Å². The summed E-state index contributed by atoms with van der Waals surface area (Å²) in [5, 5.41) is 23.3. The number of thiazole rings is 1. The van der Waals surface area contributed by atoms with Gasteiger partial charge in [0.05, 0.1) is 11.7 Å². The Balaban J connectivity index is 1.93. The number of nitrogens with zero attached hydrogens (tertiary/aromatic N) is 2.